The number of rotatable bonds is 4. The molecule has 206 valence electrons. The van der Waals surface area contributed by atoms with Crippen molar-refractivity contribution in [2.45, 2.75) is 18.3 Å². The standard InChI is InChI=1S/C34H26N4O4/c1-20-15-17-22(18-16-20)38-32(41)28-27-23-11-5-7-13-25(23)34(29(28)33(38)42,26-14-8-6-12-24(26)27)19-35-37-31(40)30(39)36-21-9-3-2-4-10-21/h2-19,27-29H,1H3,(H,36,39)(H,37,40)/b35-19-/t27?,28-,29-,34?/m1/s1. The minimum Gasteiger partial charge on any atom is -0.318 e. The predicted molar refractivity (Wildman–Crippen MR) is 158 cm³/mol. The second kappa shape index (κ2) is 9.62. The van der Waals surface area contributed by atoms with E-state index in [1.165, 1.54) is 11.1 Å². The quantitative estimate of drug-likeness (QED) is 0.170. The van der Waals surface area contributed by atoms with E-state index >= 15 is 0 Å². The van der Waals surface area contributed by atoms with Gasteiger partial charge < -0.3 is 5.32 Å². The Morgan fingerprint density at radius 3 is 2.00 bits per heavy atom. The molecule has 42 heavy (non-hydrogen) atoms. The zero-order valence-corrected chi connectivity index (χ0v) is 22.7. The number of hydrogen-bond donors (Lipinski definition) is 2. The fourth-order valence-electron chi connectivity index (χ4n) is 6.95. The van der Waals surface area contributed by atoms with E-state index in [9.17, 15) is 19.2 Å². The second-order valence-corrected chi connectivity index (χ2v) is 10.9. The number of hydrazone groups is 1. The van der Waals surface area contributed by atoms with E-state index in [0.717, 1.165) is 27.8 Å². The average Bonchev–Trinajstić information content (AvgIpc) is 3.28. The Balaban J connectivity index is 1.33. The number of nitrogens with one attached hydrogen (secondary N) is 2. The van der Waals surface area contributed by atoms with Gasteiger partial charge in [0.25, 0.3) is 0 Å². The number of imide groups is 1. The molecule has 2 N–H and O–H groups in total. The van der Waals surface area contributed by atoms with Crippen molar-refractivity contribution < 1.29 is 19.2 Å². The molecule has 8 nitrogen and oxygen atoms in total. The minimum absolute atomic E-state index is 0.257. The van der Waals surface area contributed by atoms with E-state index in [-0.39, 0.29) is 17.7 Å². The Morgan fingerprint density at radius 1 is 0.762 bits per heavy atom. The lowest BCUT2D eigenvalue weighted by Gasteiger charge is -2.52. The number of nitrogens with zero attached hydrogens (tertiary/aromatic N) is 2. The summed E-state index contributed by atoms with van der Waals surface area (Å²) in [6, 6.07) is 31.5. The fourth-order valence-corrected chi connectivity index (χ4v) is 6.95. The lowest BCUT2D eigenvalue weighted by atomic mass is 9.47. The molecule has 2 atom stereocenters. The van der Waals surface area contributed by atoms with Crippen molar-refractivity contribution in [3.8, 4) is 0 Å². The molecule has 1 aliphatic heterocycles. The van der Waals surface area contributed by atoms with Crippen LogP contribution in [0.25, 0.3) is 0 Å². The topological polar surface area (TPSA) is 108 Å². The monoisotopic (exact) mass is 554 g/mol. The van der Waals surface area contributed by atoms with E-state index in [1.54, 1.807) is 42.5 Å². The van der Waals surface area contributed by atoms with Gasteiger partial charge in [-0.1, -0.05) is 84.4 Å². The van der Waals surface area contributed by atoms with Gasteiger partial charge in [-0.25, -0.2) is 10.3 Å². The second-order valence-electron chi connectivity index (χ2n) is 10.9. The fraction of sp³-hybridized carbons (Fsp3) is 0.147. The number of carbonyl (C=O) groups is 4. The molecule has 0 radical (unpaired) electrons. The largest absolute Gasteiger partial charge is 0.329 e. The number of anilines is 2. The normalized spacial score (nSPS) is 23.4. The summed E-state index contributed by atoms with van der Waals surface area (Å²) in [6.45, 7) is 1.95. The molecule has 0 aromatic heterocycles. The smallest absolute Gasteiger partial charge is 0.318 e. The van der Waals surface area contributed by atoms with Gasteiger partial charge in [0, 0.05) is 17.8 Å². The molecule has 2 bridgehead atoms. The molecule has 1 fully saturated rings. The van der Waals surface area contributed by atoms with Gasteiger partial charge in [0.2, 0.25) is 11.8 Å². The Bertz CT molecular complexity index is 1750. The Labute approximate surface area is 242 Å². The van der Waals surface area contributed by atoms with Crippen LogP contribution in [0, 0.1) is 18.8 Å². The molecule has 4 aromatic carbocycles. The van der Waals surface area contributed by atoms with Crippen LogP contribution in [0.5, 0.6) is 0 Å². The van der Waals surface area contributed by atoms with Gasteiger partial charge in [-0.3, -0.25) is 19.2 Å². The van der Waals surface area contributed by atoms with E-state index in [4.69, 9.17) is 0 Å². The minimum atomic E-state index is -1.15. The Kier molecular flexibility index (Phi) is 5.86. The van der Waals surface area contributed by atoms with E-state index in [0.29, 0.717) is 11.4 Å². The first-order chi connectivity index (χ1) is 20.4. The highest BCUT2D eigenvalue weighted by Crippen LogP contribution is 2.63. The molecular weight excluding hydrogens is 528 g/mol. The van der Waals surface area contributed by atoms with Crippen LogP contribution in [0.4, 0.5) is 11.4 Å². The van der Waals surface area contributed by atoms with Crippen molar-refractivity contribution in [2.24, 2.45) is 16.9 Å². The molecule has 8 rings (SSSR count). The van der Waals surface area contributed by atoms with Gasteiger partial charge in [-0.2, -0.15) is 5.10 Å². The van der Waals surface area contributed by atoms with Crippen molar-refractivity contribution in [1.29, 1.82) is 0 Å². The number of para-hydroxylation sites is 1. The van der Waals surface area contributed by atoms with Gasteiger partial charge in [0.1, 0.15) is 0 Å². The van der Waals surface area contributed by atoms with Crippen molar-refractivity contribution >= 4 is 41.2 Å². The van der Waals surface area contributed by atoms with Crippen molar-refractivity contribution in [1.82, 2.24) is 5.43 Å². The zero-order chi connectivity index (χ0) is 29.0. The zero-order valence-electron chi connectivity index (χ0n) is 22.7. The number of hydrogen-bond acceptors (Lipinski definition) is 5. The first-order valence-electron chi connectivity index (χ1n) is 13.8. The molecule has 0 spiro atoms. The highest BCUT2D eigenvalue weighted by Gasteiger charge is 2.68. The summed E-state index contributed by atoms with van der Waals surface area (Å²) in [5, 5.41) is 6.83. The molecule has 4 amide bonds. The van der Waals surface area contributed by atoms with Crippen LogP contribution in [-0.2, 0) is 24.6 Å². The van der Waals surface area contributed by atoms with Crippen molar-refractivity contribution in [2.75, 3.05) is 10.2 Å². The van der Waals surface area contributed by atoms with Crippen LogP contribution in [0.3, 0.4) is 0 Å². The van der Waals surface area contributed by atoms with Crippen LogP contribution in [0.1, 0.15) is 33.7 Å². The first-order valence-corrected chi connectivity index (χ1v) is 13.8. The van der Waals surface area contributed by atoms with Gasteiger partial charge in [-0.15, -0.1) is 0 Å². The Hall–Kier alpha value is -5.37. The number of carbonyl (C=O) groups excluding carboxylic acids is 4. The third-order valence-corrected chi connectivity index (χ3v) is 8.65. The molecular formula is C34H26N4O4. The molecule has 8 heteroatoms. The van der Waals surface area contributed by atoms with E-state index in [2.05, 4.69) is 15.8 Å². The first kappa shape index (κ1) is 25.6. The summed E-state index contributed by atoms with van der Waals surface area (Å²) in [5.41, 5.74) is 6.83. The van der Waals surface area contributed by atoms with Gasteiger partial charge >= 0.3 is 11.8 Å². The molecule has 3 aliphatic carbocycles. The summed E-state index contributed by atoms with van der Waals surface area (Å²) in [7, 11) is 0. The molecule has 0 unspecified atom stereocenters. The van der Waals surface area contributed by atoms with Crippen molar-refractivity contribution in [3.63, 3.8) is 0 Å². The third kappa shape index (κ3) is 3.65. The summed E-state index contributed by atoms with van der Waals surface area (Å²) in [4.78, 5) is 55.1. The molecule has 4 aromatic rings. The van der Waals surface area contributed by atoms with Crippen LogP contribution >= 0.6 is 0 Å². The number of amides is 4. The third-order valence-electron chi connectivity index (χ3n) is 8.65. The van der Waals surface area contributed by atoms with Gasteiger partial charge in [0.15, 0.2) is 0 Å². The van der Waals surface area contributed by atoms with E-state index < -0.39 is 29.1 Å². The highest BCUT2D eigenvalue weighted by molar-refractivity contribution is 6.39. The highest BCUT2D eigenvalue weighted by atomic mass is 16.2. The summed E-state index contributed by atoms with van der Waals surface area (Å²) in [5.74, 6) is -4.17. The molecule has 4 aliphatic rings. The van der Waals surface area contributed by atoms with Crippen molar-refractivity contribution in [3.05, 3.63) is 131 Å². The summed E-state index contributed by atoms with van der Waals surface area (Å²) in [6.07, 6.45) is 1.54. The average molecular weight is 555 g/mol. The van der Waals surface area contributed by atoms with E-state index in [1.807, 2.05) is 67.6 Å². The van der Waals surface area contributed by atoms with Crippen LogP contribution in [0.2, 0.25) is 0 Å². The number of aryl methyl sites for hydroxylation is 1. The maximum absolute atomic E-state index is 14.4. The molecule has 0 saturated carbocycles. The Morgan fingerprint density at radius 2 is 1.36 bits per heavy atom. The van der Waals surface area contributed by atoms with Gasteiger partial charge in [-0.05, 0) is 53.4 Å². The SMILES string of the molecule is Cc1ccc(N2C(=O)[C@@H]3C4c5ccccc5C(/C=N\NC(=O)C(=O)Nc5ccccc5)(c5ccccc54)[C@H]3C2=O)cc1. The van der Waals surface area contributed by atoms with Crippen LogP contribution in [-0.4, -0.2) is 29.8 Å². The van der Waals surface area contributed by atoms with Gasteiger partial charge in [0.05, 0.1) is 22.9 Å². The molecule has 1 saturated heterocycles. The molecule has 1 heterocycles. The lowest BCUT2D eigenvalue weighted by molar-refractivity contribution is -0.136. The summed E-state index contributed by atoms with van der Waals surface area (Å²) >= 11 is 0. The lowest BCUT2D eigenvalue weighted by Crippen LogP contribution is -2.54. The van der Waals surface area contributed by atoms with Crippen LogP contribution < -0.4 is 15.6 Å². The number of benzene rings is 4. The van der Waals surface area contributed by atoms with Crippen LogP contribution in [0.15, 0.2) is 108 Å². The maximum Gasteiger partial charge on any atom is 0.329 e. The summed E-state index contributed by atoms with van der Waals surface area (Å²) < 4.78 is 0. The predicted octanol–water partition coefficient (Wildman–Crippen LogP) is 4.29. The maximum atomic E-state index is 14.4.